The first-order chi connectivity index (χ1) is 17.5. The number of aromatic hydroxyl groups is 1. The minimum atomic E-state index is -0.848. The molecule has 0 bridgehead atoms. The number of hydrogen-bond acceptors (Lipinski definition) is 6. The number of phenolic OH excluding ortho intramolecular Hbond substituents is 1. The Balaban J connectivity index is 2.04. The minimum absolute atomic E-state index is 0.0185. The lowest BCUT2D eigenvalue weighted by Crippen LogP contribution is -2.53. The van der Waals surface area contributed by atoms with Crippen molar-refractivity contribution >= 4 is 52.5 Å². The zero-order valence-electron chi connectivity index (χ0n) is 20.5. The van der Waals surface area contributed by atoms with Gasteiger partial charge in [-0.25, -0.2) is 0 Å². The van der Waals surface area contributed by atoms with Crippen LogP contribution in [0.5, 0.6) is 5.75 Å². The fourth-order valence-corrected chi connectivity index (χ4v) is 3.96. The molecule has 7 N–H and O–H groups in total. The van der Waals surface area contributed by atoms with Crippen molar-refractivity contribution in [2.75, 3.05) is 18.4 Å². The molecule has 0 heterocycles. The van der Waals surface area contributed by atoms with Crippen LogP contribution in [-0.2, 0) is 25.6 Å². The number of carbonyl (C=O) groups excluding carboxylic acids is 4. The highest BCUT2D eigenvalue weighted by molar-refractivity contribution is 6.37. The van der Waals surface area contributed by atoms with E-state index in [9.17, 15) is 24.3 Å². The number of nitrogens with two attached hydrogens (primary N) is 1. The van der Waals surface area contributed by atoms with Crippen LogP contribution in [0.3, 0.4) is 0 Å². The Hall–Kier alpha value is -3.34. The summed E-state index contributed by atoms with van der Waals surface area (Å²) in [6.45, 7) is 2.90. The molecule has 0 aliphatic rings. The van der Waals surface area contributed by atoms with Crippen molar-refractivity contribution in [1.29, 1.82) is 0 Å². The maximum absolute atomic E-state index is 12.7. The highest BCUT2D eigenvalue weighted by Gasteiger charge is 2.25. The van der Waals surface area contributed by atoms with E-state index < -0.39 is 35.7 Å². The molecule has 0 aromatic heterocycles. The molecule has 0 radical (unpaired) electrons. The summed E-state index contributed by atoms with van der Waals surface area (Å²) in [6.07, 6.45) is 0.262. The third-order valence-corrected chi connectivity index (χ3v) is 5.87. The van der Waals surface area contributed by atoms with E-state index in [1.54, 1.807) is 13.8 Å². The number of amides is 4. The van der Waals surface area contributed by atoms with Gasteiger partial charge in [0.25, 0.3) is 0 Å². The third kappa shape index (κ3) is 9.91. The van der Waals surface area contributed by atoms with Crippen LogP contribution in [0, 0.1) is 5.92 Å². The van der Waals surface area contributed by atoms with E-state index in [0.717, 1.165) is 5.56 Å². The van der Waals surface area contributed by atoms with Crippen LogP contribution in [0.25, 0.3) is 0 Å². The maximum atomic E-state index is 12.7. The normalized spacial score (nSPS) is 12.4. The predicted octanol–water partition coefficient (Wildman–Crippen LogP) is 1.97. The van der Waals surface area contributed by atoms with Gasteiger partial charge in [0, 0.05) is 18.2 Å². The van der Waals surface area contributed by atoms with Crippen molar-refractivity contribution in [3.63, 3.8) is 0 Å². The second-order valence-electron chi connectivity index (χ2n) is 8.71. The van der Waals surface area contributed by atoms with Gasteiger partial charge in [0.2, 0.25) is 23.6 Å². The fourth-order valence-electron chi connectivity index (χ4n) is 3.47. The Labute approximate surface area is 225 Å². The molecule has 2 rings (SSSR count). The van der Waals surface area contributed by atoms with Gasteiger partial charge >= 0.3 is 0 Å². The molecule has 0 saturated carbocycles. The van der Waals surface area contributed by atoms with Crippen LogP contribution in [0.2, 0.25) is 10.0 Å². The standard InChI is InChI=1S/C25H31Cl2N5O5/c1-14(2)23(32-21(34)12-28)25(37)29-13-22(35)31-16(8-15-6-4-3-5-7-15)11-20(33)30-17-9-18(26)24(36)19(27)10-17/h3-7,9-10,14,16,23,36H,8,11-13,28H2,1-2H3,(H,29,37)(H,30,33)(H,31,35)(H,32,34)/t16-,23?/m0/s1. The zero-order valence-corrected chi connectivity index (χ0v) is 22.0. The molecule has 2 aromatic carbocycles. The van der Waals surface area contributed by atoms with Gasteiger partial charge in [-0.2, -0.15) is 0 Å². The second kappa shape index (κ2) is 14.4. The quantitative estimate of drug-likeness (QED) is 0.221. The molecule has 37 heavy (non-hydrogen) atoms. The molecule has 2 atom stereocenters. The molecule has 10 nitrogen and oxygen atoms in total. The van der Waals surface area contributed by atoms with Gasteiger partial charge < -0.3 is 32.1 Å². The molecule has 2 aromatic rings. The summed E-state index contributed by atoms with van der Waals surface area (Å²) in [6, 6.07) is 10.5. The lowest BCUT2D eigenvalue weighted by molar-refractivity contribution is -0.131. The topological polar surface area (TPSA) is 163 Å². The summed E-state index contributed by atoms with van der Waals surface area (Å²) in [5.41, 5.74) is 6.49. The molecule has 0 fully saturated rings. The lowest BCUT2D eigenvalue weighted by atomic mass is 10.0. The molecular formula is C25H31Cl2N5O5. The molecule has 12 heteroatoms. The Morgan fingerprint density at radius 1 is 0.946 bits per heavy atom. The van der Waals surface area contributed by atoms with Crippen molar-refractivity contribution in [1.82, 2.24) is 16.0 Å². The Kier molecular flexibility index (Phi) is 11.6. The molecule has 0 saturated heterocycles. The number of anilines is 1. The van der Waals surface area contributed by atoms with Crippen molar-refractivity contribution in [2.24, 2.45) is 11.7 Å². The molecule has 0 aliphatic carbocycles. The van der Waals surface area contributed by atoms with E-state index in [1.165, 1.54) is 12.1 Å². The summed E-state index contributed by atoms with van der Waals surface area (Å²) in [7, 11) is 0. The molecule has 0 spiro atoms. The summed E-state index contributed by atoms with van der Waals surface area (Å²) < 4.78 is 0. The monoisotopic (exact) mass is 551 g/mol. The highest BCUT2D eigenvalue weighted by atomic mass is 35.5. The molecule has 1 unspecified atom stereocenters. The largest absolute Gasteiger partial charge is 0.505 e. The SMILES string of the molecule is CC(C)C(NC(=O)CN)C(=O)NCC(=O)N[C@H](CC(=O)Nc1cc(Cl)c(O)c(Cl)c1)Cc1ccccc1. The summed E-state index contributed by atoms with van der Waals surface area (Å²) in [4.78, 5) is 49.5. The maximum Gasteiger partial charge on any atom is 0.243 e. The third-order valence-electron chi connectivity index (χ3n) is 5.30. The Morgan fingerprint density at radius 2 is 1.57 bits per heavy atom. The highest BCUT2D eigenvalue weighted by Crippen LogP contribution is 2.34. The van der Waals surface area contributed by atoms with Gasteiger partial charge in [0.05, 0.1) is 23.1 Å². The first-order valence-electron chi connectivity index (χ1n) is 11.6. The van der Waals surface area contributed by atoms with Gasteiger partial charge in [0.1, 0.15) is 6.04 Å². The van der Waals surface area contributed by atoms with Crippen LogP contribution >= 0.6 is 23.2 Å². The van der Waals surface area contributed by atoms with Crippen LogP contribution in [0.4, 0.5) is 5.69 Å². The van der Waals surface area contributed by atoms with Crippen molar-refractivity contribution in [2.45, 2.75) is 38.8 Å². The summed E-state index contributed by atoms with van der Waals surface area (Å²) in [5.74, 6) is -2.46. The Bertz CT molecular complexity index is 1090. The van der Waals surface area contributed by atoms with E-state index >= 15 is 0 Å². The number of benzene rings is 2. The van der Waals surface area contributed by atoms with Gasteiger partial charge in [-0.3, -0.25) is 19.2 Å². The smallest absolute Gasteiger partial charge is 0.243 e. The summed E-state index contributed by atoms with van der Waals surface area (Å²) >= 11 is 11.8. The average Bonchev–Trinajstić information content (AvgIpc) is 2.84. The van der Waals surface area contributed by atoms with Gasteiger partial charge in [-0.05, 0) is 30.0 Å². The first-order valence-corrected chi connectivity index (χ1v) is 12.3. The fraction of sp³-hybridized carbons (Fsp3) is 0.360. The van der Waals surface area contributed by atoms with Gasteiger partial charge in [-0.1, -0.05) is 67.4 Å². The van der Waals surface area contributed by atoms with Crippen molar-refractivity contribution in [3.05, 3.63) is 58.1 Å². The van der Waals surface area contributed by atoms with Crippen LogP contribution in [-0.4, -0.2) is 53.9 Å². The molecular weight excluding hydrogens is 521 g/mol. The van der Waals surface area contributed by atoms with E-state index in [4.69, 9.17) is 28.9 Å². The van der Waals surface area contributed by atoms with Crippen LogP contribution in [0.1, 0.15) is 25.8 Å². The number of carbonyl (C=O) groups is 4. The average molecular weight is 552 g/mol. The number of phenols is 1. The van der Waals surface area contributed by atoms with Crippen LogP contribution in [0.15, 0.2) is 42.5 Å². The van der Waals surface area contributed by atoms with Gasteiger partial charge in [-0.15, -0.1) is 0 Å². The van der Waals surface area contributed by atoms with E-state index in [2.05, 4.69) is 21.3 Å². The Morgan fingerprint density at radius 3 is 2.14 bits per heavy atom. The lowest BCUT2D eigenvalue weighted by Gasteiger charge is -2.22. The van der Waals surface area contributed by atoms with Gasteiger partial charge in [0.15, 0.2) is 5.75 Å². The van der Waals surface area contributed by atoms with Crippen LogP contribution < -0.4 is 27.0 Å². The number of nitrogens with one attached hydrogen (secondary N) is 4. The van der Waals surface area contributed by atoms with Crippen molar-refractivity contribution < 1.29 is 24.3 Å². The molecule has 0 aliphatic heterocycles. The van der Waals surface area contributed by atoms with Crippen molar-refractivity contribution in [3.8, 4) is 5.75 Å². The number of rotatable bonds is 12. The minimum Gasteiger partial charge on any atom is -0.505 e. The zero-order chi connectivity index (χ0) is 27.5. The number of halogens is 2. The summed E-state index contributed by atoms with van der Waals surface area (Å²) in [5, 5.41) is 20.1. The van der Waals surface area contributed by atoms with E-state index in [1.807, 2.05) is 30.3 Å². The molecule has 4 amide bonds. The van der Waals surface area contributed by atoms with E-state index in [0.29, 0.717) is 6.42 Å². The predicted molar refractivity (Wildman–Crippen MR) is 142 cm³/mol. The number of hydrogen-bond donors (Lipinski definition) is 6. The molecule has 200 valence electrons. The first kappa shape index (κ1) is 29.9. The second-order valence-corrected chi connectivity index (χ2v) is 9.52. The van der Waals surface area contributed by atoms with E-state index in [-0.39, 0.29) is 46.9 Å².